The van der Waals surface area contributed by atoms with Gasteiger partial charge in [-0.2, -0.15) is 0 Å². The van der Waals surface area contributed by atoms with Crippen LogP contribution in [0.25, 0.3) is 5.65 Å². The van der Waals surface area contributed by atoms with Crippen molar-refractivity contribution >= 4 is 23.4 Å². The quantitative estimate of drug-likeness (QED) is 0.687. The van der Waals surface area contributed by atoms with Crippen molar-refractivity contribution in [2.24, 2.45) is 5.92 Å². The first-order valence-corrected chi connectivity index (χ1v) is 11.3. The first kappa shape index (κ1) is 20.0. The number of anilines is 1. The van der Waals surface area contributed by atoms with E-state index in [0.717, 1.165) is 57.7 Å². The summed E-state index contributed by atoms with van der Waals surface area (Å²) in [6.07, 6.45) is 5.03. The van der Waals surface area contributed by atoms with Crippen molar-refractivity contribution in [1.82, 2.24) is 40.0 Å². The molecule has 31 heavy (non-hydrogen) atoms. The zero-order valence-corrected chi connectivity index (χ0v) is 17.8. The van der Waals surface area contributed by atoms with Gasteiger partial charge in [0.2, 0.25) is 5.91 Å². The summed E-state index contributed by atoms with van der Waals surface area (Å²) in [5, 5.41) is 15.8. The zero-order valence-electron chi connectivity index (χ0n) is 17.8. The van der Waals surface area contributed by atoms with Crippen molar-refractivity contribution in [2.75, 3.05) is 57.3 Å². The van der Waals surface area contributed by atoms with Gasteiger partial charge in [-0.05, 0) is 54.7 Å². The molecule has 0 atom stereocenters. The summed E-state index contributed by atoms with van der Waals surface area (Å²) < 4.78 is 1.43. The van der Waals surface area contributed by atoms with Crippen molar-refractivity contribution in [2.45, 2.75) is 32.1 Å². The fourth-order valence-corrected chi connectivity index (χ4v) is 4.83. The molecule has 0 aromatic carbocycles. The smallest absolute Gasteiger partial charge is 0.320 e. The van der Waals surface area contributed by atoms with E-state index < -0.39 is 0 Å². The number of carbonyl (C=O) groups is 2. The molecule has 166 valence electrons. The number of hydrogen-bond donors (Lipinski definition) is 0. The van der Waals surface area contributed by atoms with Crippen molar-refractivity contribution in [3.8, 4) is 0 Å². The van der Waals surface area contributed by atoms with Crippen LogP contribution < -0.4 is 4.90 Å². The molecule has 0 aliphatic carbocycles. The zero-order chi connectivity index (χ0) is 21.2. The highest BCUT2D eigenvalue weighted by molar-refractivity contribution is 5.80. The first-order chi connectivity index (χ1) is 15.2. The number of tetrazole rings is 1. The number of nitrogens with zero attached hydrogens (tertiary/aromatic N) is 9. The van der Waals surface area contributed by atoms with Gasteiger partial charge in [-0.3, -0.25) is 4.79 Å². The molecule has 0 bridgehead atoms. The van der Waals surface area contributed by atoms with Gasteiger partial charge < -0.3 is 19.6 Å². The van der Waals surface area contributed by atoms with Crippen LogP contribution in [0.1, 0.15) is 32.1 Å². The number of piperidine rings is 2. The highest BCUT2D eigenvalue weighted by Gasteiger charge is 2.32. The van der Waals surface area contributed by atoms with Gasteiger partial charge in [-0.15, -0.1) is 14.8 Å². The number of piperazine rings is 1. The van der Waals surface area contributed by atoms with E-state index in [1.807, 2.05) is 26.8 Å². The van der Waals surface area contributed by atoms with Crippen LogP contribution in [-0.4, -0.2) is 104 Å². The fourth-order valence-electron chi connectivity index (χ4n) is 4.83. The van der Waals surface area contributed by atoms with E-state index in [0.29, 0.717) is 31.8 Å². The lowest BCUT2D eigenvalue weighted by molar-refractivity contribution is -0.137. The number of hydrogen-bond acceptors (Lipinski definition) is 7. The molecule has 0 N–H and O–H groups in total. The third kappa shape index (κ3) is 4.13. The van der Waals surface area contributed by atoms with Gasteiger partial charge in [0.15, 0.2) is 11.5 Å². The summed E-state index contributed by atoms with van der Waals surface area (Å²) in [4.78, 5) is 33.8. The Morgan fingerprint density at radius 1 is 0.806 bits per heavy atom. The molecule has 0 radical (unpaired) electrons. The third-order valence-electron chi connectivity index (χ3n) is 6.71. The number of fused-ring (bicyclic) bond motifs is 1. The predicted octanol–water partition coefficient (Wildman–Crippen LogP) is 0.486. The molecular formula is C20H29N9O2. The molecule has 2 aromatic rings. The van der Waals surface area contributed by atoms with E-state index >= 15 is 0 Å². The largest absolute Gasteiger partial charge is 0.355 e. The molecule has 3 fully saturated rings. The maximum Gasteiger partial charge on any atom is 0.320 e. The molecule has 3 aliphatic heterocycles. The van der Waals surface area contributed by atoms with Gasteiger partial charge in [-0.25, -0.2) is 4.79 Å². The standard InChI is InChI=1S/C20H29N9O2/c30-19(26-12-14-28(15-13-26)20(31)27-8-2-1-3-9-27)16-6-10-25(11-7-16)18-5-4-17-21-23-24-29(17)22-18/h4-5,16H,1-3,6-15H2. The second-order valence-corrected chi connectivity index (χ2v) is 8.62. The monoisotopic (exact) mass is 427 g/mol. The molecular weight excluding hydrogens is 398 g/mol. The second kappa shape index (κ2) is 8.64. The number of carbonyl (C=O) groups excluding carboxylic acids is 2. The Hall–Kier alpha value is -2.98. The minimum atomic E-state index is 0.0392. The van der Waals surface area contributed by atoms with Crippen molar-refractivity contribution < 1.29 is 9.59 Å². The molecule has 3 saturated heterocycles. The highest BCUT2D eigenvalue weighted by atomic mass is 16.2. The Kier molecular flexibility index (Phi) is 5.56. The predicted molar refractivity (Wildman–Crippen MR) is 112 cm³/mol. The number of urea groups is 1. The van der Waals surface area contributed by atoms with Crippen LogP contribution in [0.5, 0.6) is 0 Å². The van der Waals surface area contributed by atoms with Gasteiger partial charge >= 0.3 is 6.03 Å². The van der Waals surface area contributed by atoms with Gasteiger partial charge in [0.05, 0.1) is 0 Å². The minimum Gasteiger partial charge on any atom is -0.355 e. The van der Waals surface area contributed by atoms with Crippen molar-refractivity contribution in [1.29, 1.82) is 0 Å². The van der Waals surface area contributed by atoms with E-state index in [1.54, 1.807) is 0 Å². The van der Waals surface area contributed by atoms with Gasteiger partial charge in [0.25, 0.3) is 0 Å². The number of aromatic nitrogens is 5. The van der Waals surface area contributed by atoms with Crippen LogP contribution >= 0.6 is 0 Å². The lowest BCUT2D eigenvalue weighted by Gasteiger charge is -2.40. The Balaban J connectivity index is 1.11. The summed E-state index contributed by atoms with van der Waals surface area (Å²) >= 11 is 0. The van der Waals surface area contributed by atoms with Crippen LogP contribution in [0.3, 0.4) is 0 Å². The Morgan fingerprint density at radius 2 is 1.48 bits per heavy atom. The molecule has 5 heterocycles. The van der Waals surface area contributed by atoms with Crippen LogP contribution in [-0.2, 0) is 4.79 Å². The summed E-state index contributed by atoms with van der Waals surface area (Å²) in [5.74, 6) is 1.10. The molecule has 0 spiro atoms. The van der Waals surface area contributed by atoms with Gasteiger partial charge in [0, 0.05) is 58.3 Å². The Bertz CT molecular complexity index is 926. The van der Waals surface area contributed by atoms with E-state index in [1.165, 1.54) is 11.1 Å². The first-order valence-electron chi connectivity index (χ1n) is 11.3. The highest BCUT2D eigenvalue weighted by Crippen LogP contribution is 2.24. The van der Waals surface area contributed by atoms with E-state index in [2.05, 4.69) is 25.5 Å². The number of amides is 3. The van der Waals surface area contributed by atoms with Crippen molar-refractivity contribution in [3.05, 3.63) is 12.1 Å². The van der Waals surface area contributed by atoms with Gasteiger partial charge in [0.1, 0.15) is 0 Å². The van der Waals surface area contributed by atoms with E-state index in [9.17, 15) is 9.59 Å². The van der Waals surface area contributed by atoms with Crippen LogP contribution in [0.15, 0.2) is 12.1 Å². The van der Waals surface area contributed by atoms with Crippen LogP contribution in [0, 0.1) is 5.92 Å². The normalized spacial score (nSPS) is 21.0. The van der Waals surface area contributed by atoms with E-state index in [-0.39, 0.29) is 17.9 Å². The SMILES string of the molecule is O=C(C1CCN(c2ccc3nnnn3n2)CC1)N1CCN(C(=O)N2CCCCC2)CC1. The molecule has 11 nitrogen and oxygen atoms in total. The fraction of sp³-hybridized carbons (Fsp3) is 0.700. The summed E-state index contributed by atoms with van der Waals surface area (Å²) in [7, 11) is 0. The lowest BCUT2D eigenvalue weighted by atomic mass is 9.95. The van der Waals surface area contributed by atoms with Crippen LogP contribution in [0.2, 0.25) is 0 Å². The summed E-state index contributed by atoms with van der Waals surface area (Å²) in [5.41, 5.74) is 0.617. The maximum atomic E-state index is 13.1. The molecule has 2 aromatic heterocycles. The van der Waals surface area contributed by atoms with E-state index in [4.69, 9.17) is 0 Å². The number of rotatable bonds is 2. The molecule has 0 unspecified atom stereocenters. The summed E-state index contributed by atoms with van der Waals surface area (Å²) in [6, 6.07) is 3.92. The van der Waals surface area contributed by atoms with Crippen LogP contribution in [0.4, 0.5) is 10.6 Å². The average molecular weight is 428 g/mol. The molecule has 3 aliphatic rings. The Labute approximate surface area is 180 Å². The molecule has 3 amide bonds. The minimum absolute atomic E-state index is 0.0392. The number of likely N-dealkylation sites (tertiary alicyclic amines) is 1. The molecule has 0 saturated carbocycles. The summed E-state index contributed by atoms with van der Waals surface area (Å²) in [6.45, 7) is 5.84. The average Bonchev–Trinajstić information content (AvgIpc) is 3.32. The molecule has 5 rings (SSSR count). The maximum absolute atomic E-state index is 13.1. The van der Waals surface area contributed by atoms with Gasteiger partial charge in [-0.1, -0.05) is 0 Å². The Morgan fingerprint density at radius 3 is 2.23 bits per heavy atom. The topological polar surface area (TPSA) is 103 Å². The van der Waals surface area contributed by atoms with Crippen molar-refractivity contribution in [3.63, 3.8) is 0 Å². The molecule has 11 heteroatoms. The third-order valence-corrected chi connectivity index (χ3v) is 6.71. The second-order valence-electron chi connectivity index (χ2n) is 8.62. The lowest BCUT2D eigenvalue weighted by Crippen LogP contribution is -2.56.